The average molecular weight is 454 g/mol. The second-order valence-corrected chi connectivity index (χ2v) is 9.46. The molecule has 168 valence electrons. The van der Waals surface area contributed by atoms with E-state index in [2.05, 4.69) is 16.0 Å². The maximum atomic E-state index is 13.1. The highest BCUT2D eigenvalue weighted by atomic mass is 32.2. The number of benzene rings is 1. The van der Waals surface area contributed by atoms with Gasteiger partial charge in [0.25, 0.3) is 5.56 Å². The number of carbonyl (C=O) groups is 1. The number of nitrogens with zero attached hydrogens (tertiary/aromatic N) is 5. The Hall–Kier alpha value is -2.94. The normalized spacial score (nSPS) is 13.6. The first-order valence-electron chi connectivity index (χ1n) is 10.8. The summed E-state index contributed by atoms with van der Waals surface area (Å²) in [5, 5.41) is 0.722. The van der Waals surface area contributed by atoms with Gasteiger partial charge in [0.2, 0.25) is 5.91 Å². The second-order valence-electron chi connectivity index (χ2n) is 8.49. The van der Waals surface area contributed by atoms with Gasteiger partial charge in [-0.1, -0.05) is 43.8 Å². The van der Waals surface area contributed by atoms with E-state index < -0.39 is 11.2 Å². The Morgan fingerprint density at radius 3 is 2.69 bits per heavy atom. The molecule has 0 saturated carbocycles. The zero-order valence-corrected chi connectivity index (χ0v) is 19.6. The van der Waals surface area contributed by atoms with Gasteiger partial charge in [0.15, 0.2) is 5.65 Å². The summed E-state index contributed by atoms with van der Waals surface area (Å²) in [5.41, 5.74) is 1.62. The van der Waals surface area contributed by atoms with Crippen molar-refractivity contribution in [2.45, 2.75) is 45.2 Å². The van der Waals surface area contributed by atoms with Crippen molar-refractivity contribution in [3.63, 3.8) is 0 Å². The molecule has 0 bridgehead atoms. The quantitative estimate of drug-likeness (QED) is 0.436. The third-order valence-corrected chi connectivity index (χ3v) is 6.51. The molecule has 8 nitrogen and oxygen atoms in total. The molecule has 1 aromatic carbocycles. The Bertz CT molecular complexity index is 1310. The van der Waals surface area contributed by atoms with Crippen LogP contribution in [0.1, 0.15) is 31.7 Å². The Kier molecular flexibility index (Phi) is 6.19. The molecular weight excluding hydrogens is 426 g/mol. The number of amides is 1. The highest BCUT2D eigenvalue weighted by Crippen LogP contribution is 2.29. The van der Waals surface area contributed by atoms with Crippen LogP contribution in [-0.2, 0) is 24.8 Å². The van der Waals surface area contributed by atoms with Crippen LogP contribution in [0.25, 0.3) is 11.0 Å². The molecule has 0 saturated heterocycles. The number of hydrogen-bond donors (Lipinski definition) is 0. The van der Waals surface area contributed by atoms with Crippen LogP contribution in [0.5, 0.6) is 0 Å². The molecular formula is C23H27N5O3S. The summed E-state index contributed by atoms with van der Waals surface area (Å²) in [6.07, 6.45) is 1.89. The van der Waals surface area contributed by atoms with Gasteiger partial charge in [-0.25, -0.2) is 14.8 Å². The van der Waals surface area contributed by atoms with Gasteiger partial charge >= 0.3 is 5.69 Å². The Labute approximate surface area is 190 Å². The molecule has 0 unspecified atom stereocenters. The van der Waals surface area contributed by atoms with E-state index in [1.807, 2.05) is 36.9 Å². The topological polar surface area (TPSA) is 90.1 Å². The summed E-state index contributed by atoms with van der Waals surface area (Å²) in [6.45, 7) is 6.85. The van der Waals surface area contributed by atoms with E-state index in [0.29, 0.717) is 29.6 Å². The number of fused-ring (bicyclic) bond motifs is 2. The standard InChI is InChI=1S/C23H27N5O3S/c1-14(2)12-28-20-19(22(30)26(4)23(28)31)21(25-15(3)24-20)32-13-18(29)27-11-7-9-16-8-5-6-10-17(16)27/h5-6,8,10,14H,7,9,11-13H2,1-4H3. The molecule has 1 aliphatic rings. The Balaban J connectivity index is 1.71. The molecule has 4 rings (SSSR count). The summed E-state index contributed by atoms with van der Waals surface area (Å²) in [7, 11) is 1.46. The number of aryl methyl sites for hydroxylation is 2. The number of thioether (sulfide) groups is 1. The lowest BCUT2D eigenvalue weighted by molar-refractivity contribution is -0.116. The second kappa shape index (κ2) is 8.90. The van der Waals surface area contributed by atoms with Crippen molar-refractivity contribution in [1.82, 2.24) is 19.1 Å². The van der Waals surface area contributed by atoms with Crippen LogP contribution in [-0.4, -0.2) is 37.3 Å². The molecule has 1 aliphatic heterocycles. The smallest absolute Gasteiger partial charge is 0.311 e. The summed E-state index contributed by atoms with van der Waals surface area (Å²) in [4.78, 5) is 49.5. The van der Waals surface area contributed by atoms with Gasteiger partial charge in [0.05, 0.1) is 5.75 Å². The molecule has 1 amide bonds. The molecule has 0 spiro atoms. The Morgan fingerprint density at radius 1 is 1.19 bits per heavy atom. The van der Waals surface area contributed by atoms with E-state index in [-0.39, 0.29) is 23.0 Å². The van der Waals surface area contributed by atoms with Crippen LogP contribution in [0.3, 0.4) is 0 Å². The molecule has 0 fully saturated rings. The largest absolute Gasteiger partial charge is 0.332 e. The van der Waals surface area contributed by atoms with E-state index in [1.165, 1.54) is 28.9 Å². The number of hydrogen-bond acceptors (Lipinski definition) is 6. The third kappa shape index (κ3) is 4.09. The minimum Gasteiger partial charge on any atom is -0.311 e. The molecule has 0 N–H and O–H groups in total. The zero-order valence-electron chi connectivity index (χ0n) is 18.8. The number of carbonyl (C=O) groups excluding carboxylic acids is 1. The van der Waals surface area contributed by atoms with E-state index in [1.54, 1.807) is 6.92 Å². The molecule has 9 heteroatoms. The fraction of sp³-hybridized carbons (Fsp3) is 0.435. The molecule has 3 heterocycles. The first kappa shape index (κ1) is 22.3. The minimum absolute atomic E-state index is 0.0288. The molecule has 0 atom stereocenters. The van der Waals surface area contributed by atoms with Crippen molar-refractivity contribution in [1.29, 1.82) is 0 Å². The van der Waals surface area contributed by atoms with Crippen LogP contribution in [0.2, 0.25) is 0 Å². The van der Waals surface area contributed by atoms with Gasteiger partial charge in [-0.2, -0.15) is 0 Å². The van der Waals surface area contributed by atoms with Crippen molar-refractivity contribution in [2.24, 2.45) is 13.0 Å². The van der Waals surface area contributed by atoms with Crippen LogP contribution >= 0.6 is 11.8 Å². The van der Waals surface area contributed by atoms with Crippen LogP contribution < -0.4 is 16.1 Å². The molecule has 0 aliphatic carbocycles. The first-order valence-corrected chi connectivity index (χ1v) is 11.8. The monoisotopic (exact) mass is 453 g/mol. The average Bonchev–Trinajstić information content (AvgIpc) is 2.77. The van der Waals surface area contributed by atoms with Gasteiger partial charge in [0.1, 0.15) is 16.2 Å². The lowest BCUT2D eigenvalue weighted by atomic mass is 10.0. The first-order chi connectivity index (χ1) is 15.3. The maximum absolute atomic E-state index is 13.1. The van der Waals surface area contributed by atoms with Crippen molar-refractivity contribution < 1.29 is 4.79 Å². The fourth-order valence-corrected chi connectivity index (χ4v) is 5.01. The van der Waals surface area contributed by atoms with Gasteiger partial charge < -0.3 is 4.90 Å². The van der Waals surface area contributed by atoms with Gasteiger partial charge in [-0.15, -0.1) is 0 Å². The van der Waals surface area contributed by atoms with Crippen LogP contribution in [0.15, 0.2) is 38.9 Å². The maximum Gasteiger partial charge on any atom is 0.332 e. The van der Waals surface area contributed by atoms with Crippen molar-refractivity contribution in [3.05, 3.63) is 56.5 Å². The Morgan fingerprint density at radius 2 is 1.94 bits per heavy atom. The predicted octanol–water partition coefficient (Wildman–Crippen LogP) is 2.53. The number of aromatic nitrogens is 4. The van der Waals surface area contributed by atoms with E-state index >= 15 is 0 Å². The zero-order chi connectivity index (χ0) is 23.0. The van der Waals surface area contributed by atoms with Gasteiger partial charge in [-0.05, 0) is 37.3 Å². The van der Waals surface area contributed by atoms with E-state index in [9.17, 15) is 14.4 Å². The highest BCUT2D eigenvalue weighted by molar-refractivity contribution is 8.00. The lowest BCUT2D eigenvalue weighted by Crippen LogP contribution is -2.40. The van der Waals surface area contributed by atoms with Gasteiger partial charge in [-0.3, -0.25) is 18.7 Å². The molecule has 32 heavy (non-hydrogen) atoms. The van der Waals surface area contributed by atoms with Crippen LogP contribution in [0, 0.1) is 12.8 Å². The molecule has 3 aromatic rings. The van der Waals surface area contributed by atoms with Gasteiger partial charge in [0, 0.05) is 25.8 Å². The summed E-state index contributed by atoms with van der Waals surface area (Å²) in [6, 6.07) is 7.96. The van der Waals surface area contributed by atoms with E-state index in [0.717, 1.165) is 23.1 Å². The fourth-order valence-electron chi connectivity index (χ4n) is 4.08. The summed E-state index contributed by atoms with van der Waals surface area (Å²) in [5.74, 6) is 0.771. The molecule has 2 aromatic heterocycles. The number of anilines is 1. The summed E-state index contributed by atoms with van der Waals surface area (Å²) >= 11 is 1.23. The number of rotatable bonds is 5. The van der Waals surface area contributed by atoms with Crippen molar-refractivity contribution in [3.8, 4) is 0 Å². The minimum atomic E-state index is -0.441. The summed E-state index contributed by atoms with van der Waals surface area (Å²) < 4.78 is 2.62. The third-order valence-electron chi connectivity index (χ3n) is 5.55. The molecule has 0 radical (unpaired) electrons. The lowest BCUT2D eigenvalue weighted by Gasteiger charge is -2.29. The number of para-hydroxylation sites is 1. The highest BCUT2D eigenvalue weighted by Gasteiger charge is 2.24. The predicted molar refractivity (Wildman–Crippen MR) is 126 cm³/mol. The van der Waals surface area contributed by atoms with Crippen molar-refractivity contribution in [2.75, 3.05) is 17.2 Å². The SMILES string of the molecule is Cc1nc(SCC(=O)N2CCCc3ccccc32)c2c(=O)n(C)c(=O)n(CC(C)C)c2n1. The van der Waals surface area contributed by atoms with Crippen LogP contribution in [0.4, 0.5) is 5.69 Å². The van der Waals surface area contributed by atoms with Crippen molar-refractivity contribution >= 4 is 34.4 Å². The van der Waals surface area contributed by atoms with E-state index in [4.69, 9.17) is 0 Å².